The quantitative estimate of drug-likeness (QED) is 0.582. The van der Waals surface area contributed by atoms with Crippen LogP contribution >= 0.6 is 23.8 Å². The summed E-state index contributed by atoms with van der Waals surface area (Å²) in [6, 6.07) is 3.79. The molecule has 0 saturated heterocycles. The lowest BCUT2D eigenvalue weighted by atomic mass is 10.1. The monoisotopic (exact) mass is 238 g/mol. The molecule has 0 amide bonds. The molecular weight excluding hydrogens is 228 g/mol. The zero-order chi connectivity index (χ0) is 10.8. The van der Waals surface area contributed by atoms with Crippen molar-refractivity contribution in [2.75, 3.05) is 13.6 Å². The van der Waals surface area contributed by atoms with Gasteiger partial charge in [0.05, 0.1) is 0 Å². The van der Waals surface area contributed by atoms with E-state index in [0.717, 1.165) is 23.5 Å². The Morgan fingerprint density at radius 1 is 1.53 bits per heavy atom. The van der Waals surface area contributed by atoms with Crippen molar-refractivity contribution in [3.05, 3.63) is 40.7 Å². The van der Waals surface area contributed by atoms with Crippen molar-refractivity contribution in [1.29, 1.82) is 0 Å². The van der Waals surface area contributed by atoms with Crippen LogP contribution in [0.2, 0.25) is 5.15 Å². The number of thiocarbonyl (C=S) groups is 1. The van der Waals surface area contributed by atoms with Gasteiger partial charge in [0.25, 0.3) is 0 Å². The van der Waals surface area contributed by atoms with E-state index in [1.54, 1.807) is 12.3 Å². The van der Waals surface area contributed by atoms with Gasteiger partial charge >= 0.3 is 0 Å². The molecule has 0 atom stereocenters. The van der Waals surface area contributed by atoms with Crippen LogP contribution in [-0.4, -0.2) is 28.5 Å². The van der Waals surface area contributed by atoms with E-state index in [1.165, 1.54) is 5.57 Å². The zero-order valence-corrected chi connectivity index (χ0v) is 9.98. The van der Waals surface area contributed by atoms with E-state index in [4.69, 9.17) is 23.8 Å². The molecule has 0 saturated carbocycles. The van der Waals surface area contributed by atoms with Crippen LogP contribution in [0.1, 0.15) is 5.56 Å². The fourth-order valence-electron chi connectivity index (χ4n) is 1.54. The van der Waals surface area contributed by atoms with Crippen molar-refractivity contribution in [2.24, 2.45) is 0 Å². The molecule has 1 aromatic rings. The van der Waals surface area contributed by atoms with E-state index in [2.05, 4.69) is 16.0 Å². The molecule has 0 spiro atoms. The first-order chi connectivity index (χ1) is 7.16. The third-order valence-electron chi connectivity index (χ3n) is 2.42. The van der Waals surface area contributed by atoms with Gasteiger partial charge in [-0.05, 0) is 17.2 Å². The molecule has 15 heavy (non-hydrogen) atoms. The molecule has 1 aromatic heterocycles. The van der Waals surface area contributed by atoms with Gasteiger partial charge in [-0.1, -0.05) is 36.0 Å². The minimum absolute atomic E-state index is 0.527. The second-order valence-corrected chi connectivity index (χ2v) is 4.35. The number of nitrogens with zero attached hydrogens (tertiary/aromatic N) is 2. The molecule has 0 bridgehead atoms. The highest BCUT2D eigenvalue weighted by atomic mass is 35.5. The van der Waals surface area contributed by atoms with Crippen molar-refractivity contribution in [3.8, 4) is 0 Å². The average Bonchev–Trinajstić information content (AvgIpc) is 2.53. The van der Waals surface area contributed by atoms with Crippen molar-refractivity contribution < 1.29 is 0 Å². The van der Waals surface area contributed by atoms with Gasteiger partial charge in [0, 0.05) is 26.2 Å². The Bertz CT molecular complexity index is 411. The van der Waals surface area contributed by atoms with E-state index in [1.807, 2.05) is 13.1 Å². The molecule has 0 fully saturated rings. The fourth-order valence-corrected chi connectivity index (χ4v) is 1.88. The number of pyridine rings is 1. The molecule has 78 valence electrons. The Morgan fingerprint density at radius 3 is 2.87 bits per heavy atom. The maximum Gasteiger partial charge on any atom is 0.129 e. The molecule has 0 aromatic carbocycles. The van der Waals surface area contributed by atoms with Crippen molar-refractivity contribution >= 4 is 28.8 Å². The molecule has 2 rings (SSSR count). The number of hydrogen-bond donors (Lipinski definition) is 0. The Morgan fingerprint density at radius 2 is 2.33 bits per heavy atom. The van der Waals surface area contributed by atoms with Crippen LogP contribution in [0.4, 0.5) is 0 Å². The molecule has 0 unspecified atom stereocenters. The maximum absolute atomic E-state index is 5.72. The van der Waals surface area contributed by atoms with Crippen LogP contribution in [0, 0.1) is 0 Å². The highest BCUT2D eigenvalue weighted by Gasteiger charge is 2.16. The normalized spacial score (nSPS) is 15.7. The van der Waals surface area contributed by atoms with E-state index in [-0.39, 0.29) is 0 Å². The van der Waals surface area contributed by atoms with E-state index in [0.29, 0.717) is 5.15 Å². The first kappa shape index (κ1) is 10.6. The zero-order valence-electron chi connectivity index (χ0n) is 8.40. The third-order valence-corrected chi connectivity index (χ3v) is 3.21. The first-order valence-electron chi connectivity index (χ1n) is 4.72. The van der Waals surface area contributed by atoms with Gasteiger partial charge in [-0.3, -0.25) is 0 Å². The van der Waals surface area contributed by atoms with Crippen LogP contribution in [-0.2, 0) is 6.42 Å². The van der Waals surface area contributed by atoms with Crippen molar-refractivity contribution in [3.63, 3.8) is 0 Å². The van der Waals surface area contributed by atoms with Gasteiger partial charge < -0.3 is 4.90 Å². The second kappa shape index (κ2) is 4.29. The molecule has 4 heteroatoms. The molecule has 2 heterocycles. The summed E-state index contributed by atoms with van der Waals surface area (Å²) < 4.78 is 0. The smallest absolute Gasteiger partial charge is 0.129 e. The Kier molecular flexibility index (Phi) is 3.03. The van der Waals surface area contributed by atoms with Crippen molar-refractivity contribution in [2.45, 2.75) is 6.42 Å². The number of likely N-dealkylation sites (N-methyl/N-ethyl adjacent to an activating group) is 1. The topological polar surface area (TPSA) is 16.1 Å². The summed E-state index contributed by atoms with van der Waals surface area (Å²) in [6.45, 7) is 0.912. The van der Waals surface area contributed by atoms with E-state index >= 15 is 0 Å². The summed E-state index contributed by atoms with van der Waals surface area (Å²) in [4.78, 5) is 7.05. The fraction of sp³-hybridized carbons (Fsp3) is 0.273. The minimum Gasteiger partial charge on any atom is -0.362 e. The van der Waals surface area contributed by atoms with Gasteiger partial charge in [-0.15, -0.1) is 0 Å². The van der Waals surface area contributed by atoms with Crippen LogP contribution in [0.5, 0.6) is 0 Å². The van der Waals surface area contributed by atoms with E-state index in [9.17, 15) is 0 Å². The maximum atomic E-state index is 5.72. The van der Waals surface area contributed by atoms with Gasteiger partial charge in [-0.25, -0.2) is 4.98 Å². The van der Waals surface area contributed by atoms with Crippen LogP contribution < -0.4 is 0 Å². The highest BCUT2D eigenvalue weighted by molar-refractivity contribution is 7.80. The molecule has 1 aliphatic heterocycles. The lowest BCUT2D eigenvalue weighted by Gasteiger charge is -2.11. The number of halogens is 1. The van der Waals surface area contributed by atoms with Crippen molar-refractivity contribution in [1.82, 2.24) is 9.88 Å². The summed E-state index contributed by atoms with van der Waals surface area (Å²) >= 11 is 11.0. The number of aromatic nitrogens is 1. The largest absolute Gasteiger partial charge is 0.362 e. The first-order valence-corrected chi connectivity index (χ1v) is 5.50. The Labute approximate surface area is 99.6 Å². The molecule has 1 aliphatic rings. The lowest BCUT2D eigenvalue weighted by Crippen LogP contribution is -2.20. The summed E-state index contributed by atoms with van der Waals surface area (Å²) in [5.41, 5.74) is 2.35. The average molecular weight is 239 g/mol. The molecule has 0 radical (unpaired) electrons. The predicted octanol–water partition coefficient (Wildman–Crippen LogP) is 2.48. The summed E-state index contributed by atoms with van der Waals surface area (Å²) in [5, 5.41) is 0.527. The Balaban J connectivity index is 2.10. The van der Waals surface area contributed by atoms with Gasteiger partial charge in [-0.2, -0.15) is 0 Å². The second-order valence-electron chi connectivity index (χ2n) is 3.58. The van der Waals surface area contributed by atoms with E-state index < -0.39 is 0 Å². The summed E-state index contributed by atoms with van der Waals surface area (Å²) in [6.07, 6.45) is 4.80. The summed E-state index contributed by atoms with van der Waals surface area (Å²) in [5.74, 6) is 0. The summed E-state index contributed by atoms with van der Waals surface area (Å²) in [7, 11) is 2.01. The highest BCUT2D eigenvalue weighted by Crippen LogP contribution is 2.17. The standard InChI is InChI=1S/C11H11ClN2S/c1-14-5-4-9(11(14)15)6-8-2-3-10(12)13-7-8/h2-4,7H,5-6H2,1H3. The molecule has 0 N–H and O–H groups in total. The van der Waals surface area contributed by atoms with Crippen LogP contribution in [0.3, 0.4) is 0 Å². The number of rotatable bonds is 2. The van der Waals surface area contributed by atoms with Gasteiger partial charge in [0.1, 0.15) is 10.1 Å². The van der Waals surface area contributed by atoms with Crippen LogP contribution in [0.25, 0.3) is 0 Å². The Hall–Kier alpha value is -0.930. The minimum atomic E-state index is 0.527. The van der Waals surface area contributed by atoms with Gasteiger partial charge in [0.15, 0.2) is 0 Å². The predicted molar refractivity (Wildman–Crippen MR) is 66.3 cm³/mol. The lowest BCUT2D eigenvalue weighted by molar-refractivity contribution is 0.592. The molecule has 2 nitrogen and oxygen atoms in total. The van der Waals surface area contributed by atoms with Gasteiger partial charge in [0.2, 0.25) is 0 Å². The molecular formula is C11H11ClN2S. The number of hydrogen-bond acceptors (Lipinski definition) is 2. The SMILES string of the molecule is CN1CC=C(Cc2ccc(Cl)nc2)C1=S. The third kappa shape index (κ3) is 2.36. The molecule has 0 aliphatic carbocycles. The van der Waals surface area contributed by atoms with Crippen LogP contribution in [0.15, 0.2) is 30.0 Å².